The number of alkyl halides is 4. The molecule has 0 fully saturated rings. The van der Waals surface area contributed by atoms with Gasteiger partial charge in [0, 0.05) is 23.1 Å². The number of rotatable bonds is 5. The second-order valence-electron chi connectivity index (χ2n) is 4.27. The molecule has 1 aromatic carbocycles. The van der Waals surface area contributed by atoms with Gasteiger partial charge in [0.15, 0.2) is 0 Å². The minimum absolute atomic E-state index is 0.288. The number of carbonyl (C=O) groups excluding carboxylic acids is 1. The molecule has 2 N–H and O–H groups in total. The van der Waals surface area contributed by atoms with Crippen molar-refractivity contribution in [2.45, 2.75) is 18.1 Å². The Morgan fingerprint density at radius 2 is 1.95 bits per heavy atom. The van der Waals surface area contributed by atoms with Crippen molar-refractivity contribution in [1.29, 1.82) is 0 Å². The fraction of sp³-hybridized carbons (Fsp3) is 0.417. The van der Waals surface area contributed by atoms with Crippen LogP contribution in [0.4, 0.5) is 22.0 Å². The zero-order chi connectivity index (χ0) is 16.3. The standard InChI is InChI=1S/C12H11BrF5NO2/c13-7-1-2-9(15)8(5-7)11(6-14,3-4-20)19-10(21)12(16,17)18/h1-2,5,20H,3-4,6H2,(H,19,21)/t11-/m1/s1. The maximum atomic E-state index is 13.8. The lowest BCUT2D eigenvalue weighted by atomic mass is 9.87. The van der Waals surface area contributed by atoms with E-state index in [4.69, 9.17) is 5.11 Å². The molecule has 1 rings (SSSR count). The van der Waals surface area contributed by atoms with Crippen molar-refractivity contribution in [3.8, 4) is 0 Å². The van der Waals surface area contributed by atoms with E-state index >= 15 is 0 Å². The summed E-state index contributed by atoms with van der Waals surface area (Å²) in [5.74, 6) is -3.40. The summed E-state index contributed by atoms with van der Waals surface area (Å²) in [7, 11) is 0. The van der Waals surface area contributed by atoms with Crippen LogP contribution < -0.4 is 5.32 Å². The molecule has 0 spiro atoms. The Morgan fingerprint density at radius 3 is 2.43 bits per heavy atom. The van der Waals surface area contributed by atoms with Crippen LogP contribution in [0.15, 0.2) is 22.7 Å². The zero-order valence-electron chi connectivity index (χ0n) is 10.5. The quantitative estimate of drug-likeness (QED) is 0.777. The van der Waals surface area contributed by atoms with Gasteiger partial charge in [-0.3, -0.25) is 4.79 Å². The second kappa shape index (κ2) is 6.69. The Kier molecular flexibility index (Phi) is 5.68. The summed E-state index contributed by atoms with van der Waals surface area (Å²) in [5, 5.41) is 10.4. The van der Waals surface area contributed by atoms with E-state index in [9.17, 15) is 26.7 Å². The van der Waals surface area contributed by atoms with Gasteiger partial charge in [-0.05, 0) is 18.2 Å². The van der Waals surface area contributed by atoms with Crippen LogP contribution in [0.1, 0.15) is 12.0 Å². The largest absolute Gasteiger partial charge is 0.471 e. The number of halogens is 6. The molecule has 0 aliphatic rings. The van der Waals surface area contributed by atoms with E-state index < -0.39 is 48.7 Å². The van der Waals surface area contributed by atoms with E-state index in [0.717, 1.165) is 12.1 Å². The number of nitrogens with one attached hydrogen (secondary N) is 1. The minimum atomic E-state index is -5.25. The highest BCUT2D eigenvalue weighted by Gasteiger charge is 2.45. The molecule has 0 heterocycles. The first kappa shape index (κ1) is 17.8. The first-order valence-corrected chi connectivity index (χ1v) is 6.47. The molecule has 0 aromatic heterocycles. The predicted molar refractivity (Wildman–Crippen MR) is 67.7 cm³/mol. The van der Waals surface area contributed by atoms with E-state index in [2.05, 4.69) is 15.9 Å². The molecule has 0 bridgehead atoms. The molecule has 0 aliphatic heterocycles. The third-order valence-corrected chi connectivity index (χ3v) is 3.31. The van der Waals surface area contributed by atoms with E-state index in [-0.39, 0.29) is 4.47 Å². The summed E-state index contributed by atoms with van der Waals surface area (Å²) in [4.78, 5) is 11.1. The van der Waals surface area contributed by atoms with Crippen molar-refractivity contribution in [3.63, 3.8) is 0 Å². The highest BCUT2D eigenvalue weighted by atomic mass is 79.9. The lowest BCUT2D eigenvalue weighted by molar-refractivity contribution is -0.176. The highest BCUT2D eigenvalue weighted by Crippen LogP contribution is 2.32. The van der Waals surface area contributed by atoms with Crippen molar-refractivity contribution in [1.82, 2.24) is 5.32 Å². The molecular weight excluding hydrogens is 365 g/mol. The Morgan fingerprint density at radius 1 is 1.33 bits per heavy atom. The van der Waals surface area contributed by atoms with Crippen molar-refractivity contribution < 1.29 is 31.9 Å². The second-order valence-corrected chi connectivity index (χ2v) is 5.18. The van der Waals surface area contributed by atoms with Crippen LogP contribution in [0.2, 0.25) is 0 Å². The van der Waals surface area contributed by atoms with Crippen LogP contribution in [0.3, 0.4) is 0 Å². The maximum Gasteiger partial charge on any atom is 0.471 e. The monoisotopic (exact) mass is 375 g/mol. The average molecular weight is 376 g/mol. The lowest BCUT2D eigenvalue weighted by Gasteiger charge is -2.33. The predicted octanol–water partition coefficient (Wildman–Crippen LogP) is 2.81. The Bertz CT molecular complexity index is 523. The third-order valence-electron chi connectivity index (χ3n) is 2.82. The van der Waals surface area contributed by atoms with Crippen LogP contribution >= 0.6 is 15.9 Å². The molecule has 0 unspecified atom stereocenters. The average Bonchev–Trinajstić information content (AvgIpc) is 2.39. The van der Waals surface area contributed by atoms with Gasteiger partial charge in [-0.1, -0.05) is 15.9 Å². The van der Waals surface area contributed by atoms with Gasteiger partial charge in [-0.15, -0.1) is 0 Å². The third kappa shape index (κ3) is 4.13. The Balaban J connectivity index is 3.32. The molecule has 1 aromatic rings. The molecule has 3 nitrogen and oxygen atoms in total. The van der Waals surface area contributed by atoms with Gasteiger partial charge in [0.1, 0.15) is 12.5 Å². The van der Waals surface area contributed by atoms with Gasteiger partial charge >= 0.3 is 12.1 Å². The number of amides is 1. The molecular formula is C12H11BrF5NO2. The summed E-state index contributed by atoms with van der Waals surface area (Å²) in [6, 6.07) is 3.24. The fourth-order valence-electron chi connectivity index (χ4n) is 1.78. The molecule has 118 valence electrons. The number of hydrogen-bond donors (Lipinski definition) is 2. The molecule has 0 aliphatic carbocycles. The van der Waals surface area contributed by atoms with Gasteiger partial charge in [0.2, 0.25) is 0 Å². The summed E-state index contributed by atoms with van der Waals surface area (Å²) < 4.78 is 64.5. The van der Waals surface area contributed by atoms with Crippen molar-refractivity contribution >= 4 is 21.8 Å². The lowest BCUT2D eigenvalue weighted by Crippen LogP contribution is -2.53. The molecule has 0 saturated heterocycles. The van der Waals surface area contributed by atoms with Crippen molar-refractivity contribution in [2.24, 2.45) is 0 Å². The van der Waals surface area contributed by atoms with Gasteiger partial charge in [0.25, 0.3) is 0 Å². The number of aliphatic hydroxyl groups excluding tert-OH is 1. The Hall–Kier alpha value is -1.22. The van der Waals surface area contributed by atoms with Crippen LogP contribution in [-0.4, -0.2) is 30.5 Å². The zero-order valence-corrected chi connectivity index (χ0v) is 12.1. The summed E-state index contributed by atoms with van der Waals surface area (Å²) in [6.45, 7) is -2.25. The Labute approximate surface area is 125 Å². The minimum Gasteiger partial charge on any atom is -0.396 e. The maximum absolute atomic E-state index is 13.8. The fourth-order valence-corrected chi connectivity index (χ4v) is 2.14. The highest BCUT2D eigenvalue weighted by molar-refractivity contribution is 9.10. The first-order valence-electron chi connectivity index (χ1n) is 5.68. The molecule has 0 radical (unpaired) electrons. The van der Waals surface area contributed by atoms with Crippen LogP contribution in [0.25, 0.3) is 0 Å². The van der Waals surface area contributed by atoms with Crippen molar-refractivity contribution in [3.05, 3.63) is 34.1 Å². The smallest absolute Gasteiger partial charge is 0.396 e. The van der Waals surface area contributed by atoms with Crippen LogP contribution in [-0.2, 0) is 10.3 Å². The van der Waals surface area contributed by atoms with Crippen molar-refractivity contribution in [2.75, 3.05) is 13.3 Å². The van der Waals surface area contributed by atoms with E-state index in [0.29, 0.717) is 0 Å². The van der Waals surface area contributed by atoms with E-state index in [1.54, 1.807) is 0 Å². The van der Waals surface area contributed by atoms with E-state index in [1.807, 2.05) is 0 Å². The topological polar surface area (TPSA) is 49.3 Å². The molecule has 1 amide bonds. The molecule has 21 heavy (non-hydrogen) atoms. The van der Waals surface area contributed by atoms with Gasteiger partial charge in [-0.25, -0.2) is 8.78 Å². The molecule has 9 heteroatoms. The summed E-state index contributed by atoms with van der Waals surface area (Å²) in [5.41, 5.74) is -2.78. The van der Waals surface area contributed by atoms with E-state index in [1.165, 1.54) is 11.4 Å². The number of hydrogen-bond acceptors (Lipinski definition) is 2. The molecule has 1 atom stereocenters. The van der Waals surface area contributed by atoms with Gasteiger partial charge in [0.05, 0.1) is 5.54 Å². The number of aliphatic hydroxyl groups is 1. The molecule has 0 saturated carbocycles. The number of carbonyl (C=O) groups is 1. The van der Waals surface area contributed by atoms with Crippen LogP contribution in [0, 0.1) is 5.82 Å². The summed E-state index contributed by atoms with van der Waals surface area (Å²) >= 11 is 2.99. The first-order chi connectivity index (χ1) is 9.66. The normalized spacial score (nSPS) is 14.6. The van der Waals surface area contributed by atoms with Gasteiger partial charge in [-0.2, -0.15) is 13.2 Å². The van der Waals surface area contributed by atoms with Crippen LogP contribution in [0.5, 0.6) is 0 Å². The SMILES string of the molecule is O=C(N[C@@](CF)(CCO)c1cc(Br)ccc1F)C(F)(F)F. The summed E-state index contributed by atoms with van der Waals surface area (Å²) in [6.07, 6.45) is -5.86. The number of benzene rings is 1. The van der Waals surface area contributed by atoms with Gasteiger partial charge < -0.3 is 10.4 Å².